The summed E-state index contributed by atoms with van der Waals surface area (Å²) in [6.45, 7) is 6.75. The standard InChI is InChI=1S/C13H28N2/c1-11-5-4-6-13(9-11)15(3)10-12(2)7-8-14/h11-13H,4-10,14H2,1-3H3. The Balaban J connectivity index is 2.28. The Morgan fingerprint density at radius 1 is 1.40 bits per heavy atom. The smallest absolute Gasteiger partial charge is 0.00948 e. The average molecular weight is 212 g/mol. The van der Waals surface area contributed by atoms with Crippen molar-refractivity contribution in [1.82, 2.24) is 4.90 Å². The van der Waals surface area contributed by atoms with E-state index < -0.39 is 0 Å². The molecule has 90 valence electrons. The van der Waals surface area contributed by atoms with E-state index in [1.165, 1.54) is 32.2 Å². The van der Waals surface area contributed by atoms with Crippen LogP contribution in [0.3, 0.4) is 0 Å². The summed E-state index contributed by atoms with van der Waals surface area (Å²) in [7, 11) is 2.29. The maximum atomic E-state index is 5.59. The number of rotatable bonds is 5. The van der Waals surface area contributed by atoms with Gasteiger partial charge in [0.05, 0.1) is 0 Å². The Labute approximate surface area is 95.2 Å². The summed E-state index contributed by atoms with van der Waals surface area (Å²) in [6, 6.07) is 0.828. The average Bonchev–Trinajstić information content (AvgIpc) is 2.18. The highest BCUT2D eigenvalue weighted by atomic mass is 15.1. The minimum Gasteiger partial charge on any atom is -0.330 e. The monoisotopic (exact) mass is 212 g/mol. The van der Waals surface area contributed by atoms with E-state index in [9.17, 15) is 0 Å². The lowest BCUT2D eigenvalue weighted by Gasteiger charge is -2.35. The van der Waals surface area contributed by atoms with Crippen LogP contribution >= 0.6 is 0 Å². The van der Waals surface area contributed by atoms with Crippen molar-refractivity contribution < 1.29 is 0 Å². The number of hydrogen-bond acceptors (Lipinski definition) is 2. The summed E-state index contributed by atoms with van der Waals surface area (Å²) >= 11 is 0. The first-order valence-electron chi connectivity index (χ1n) is 6.53. The summed E-state index contributed by atoms with van der Waals surface area (Å²) in [6.07, 6.45) is 6.80. The number of hydrogen-bond donors (Lipinski definition) is 1. The molecule has 0 aromatic rings. The van der Waals surface area contributed by atoms with E-state index in [-0.39, 0.29) is 0 Å². The van der Waals surface area contributed by atoms with E-state index in [4.69, 9.17) is 5.73 Å². The van der Waals surface area contributed by atoms with Gasteiger partial charge in [0.2, 0.25) is 0 Å². The molecule has 15 heavy (non-hydrogen) atoms. The first-order valence-corrected chi connectivity index (χ1v) is 6.53. The minimum absolute atomic E-state index is 0.747. The SMILES string of the molecule is CC1CCCC(N(C)CC(C)CCN)C1. The molecule has 3 atom stereocenters. The van der Waals surface area contributed by atoms with Gasteiger partial charge in [-0.3, -0.25) is 0 Å². The van der Waals surface area contributed by atoms with Crippen LogP contribution in [0.5, 0.6) is 0 Å². The Kier molecular flexibility index (Phi) is 5.62. The molecule has 0 heterocycles. The molecule has 0 aromatic heterocycles. The quantitative estimate of drug-likeness (QED) is 0.758. The Bertz CT molecular complexity index is 170. The fourth-order valence-electron chi connectivity index (χ4n) is 2.82. The summed E-state index contributed by atoms with van der Waals surface area (Å²) in [5.41, 5.74) is 5.59. The van der Waals surface area contributed by atoms with Crippen molar-refractivity contribution in [3.05, 3.63) is 0 Å². The Morgan fingerprint density at radius 2 is 2.13 bits per heavy atom. The van der Waals surface area contributed by atoms with Crippen molar-refractivity contribution in [3.63, 3.8) is 0 Å². The van der Waals surface area contributed by atoms with E-state index in [0.717, 1.165) is 30.8 Å². The third-order valence-corrected chi connectivity index (χ3v) is 3.79. The Hall–Kier alpha value is -0.0800. The van der Waals surface area contributed by atoms with Crippen molar-refractivity contribution in [3.8, 4) is 0 Å². The van der Waals surface area contributed by atoms with Crippen LogP contribution in [0.1, 0.15) is 46.0 Å². The van der Waals surface area contributed by atoms with Crippen molar-refractivity contribution in [2.75, 3.05) is 20.1 Å². The largest absolute Gasteiger partial charge is 0.330 e. The normalized spacial score (nSPS) is 29.4. The predicted octanol–water partition coefficient (Wildman–Crippen LogP) is 2.48. The van der Waals surface area contributed by atoms with Gasteiger partial charge in [-0.1, -0.05) is 26.7 Å². The van der Waals surface area contributed by atoms with E-state index in [1.807, 2.05) is 0 Å². The molecule has 1 aliphatic carbocycles. The summed E-state index contributed by atoms with van der Waals surface area (Å²) in [4.78, 5) is 2.57. The topological polar surface area (TPSA) is 29.3 Å². The van der Waals surface area contributed by atoms with Crippen molar-refractivity contribution in [2.45, 2.75) is 52.0 Å². The van der Waals surface area contributed by atoms with Gasteiger partial charge in [-0.15, -0.1) is 0 Å². The maximum absolute atomic E-state index is 5.59. The highest BCUT2D eigenvalue weighted by Gasteiger charge is 2.22. The van der Waals surface area contributed by atoms with Crippen molar-refractivity contribution >= 4 is 0 Å². The lowest BCUT2D eigenvalue weighted by Crippen LogP contribution is -2.38. The van der Waals surface area contributed by atoms with Gasteiger partial charge in [0.25, 0.3) is 0 Å². The zero-order chi connectivity index (χ0) is 11.3. The zero-order valence-corrected chi connectivity index (χ0v) is 10.7. The minimum atomic E-state index is 0.747. The molecule has 0 radical (unpaired) electrons. The van der Waals surface area contributed by atoms with Gasteiger partial charge in [0.15, 0.2) is 0 Å². The lowest BCUT2D eigenvalue weighted by molar-refractivity contribution is 0.145. The maximum Gasteiger partial charge on any atom is 0.00948 e. The van der Waals surface area contributed by atoms with Crippen LogP contribution in [0.4, 0.5) is 0 Å². The molecular formula is C13H28N2. The molecule has 2 heteroatoms. The third-order valence-electron chi connectivity index (χ3n) is 3.79. The van der Waals surface area contributed by atoms with E-state index >= 15 is 0 Å². The first kappa shape index (κ1) is 13.0. The van der Waals surface area contributed by atoms with Crippen LogP contribution in [0, 0.1) is 11.8 Å². The molecule has 0 bridgehead atoms. The van der Waals surface area contributed by atoms with Crippen LogP contribution in [-0.4, -0.2) is 31.1 Å². The van der Waals surface area contributed by atoms with Crippen LogP contribution in [0.25, 0.3) is 0 Å². The molecule has 3 unspecified atom stereocenters. The lowest BCUT2D eigenvalue weighted by atomic mass is 9.86. The third kappa shape index (κ3) is 4.52. The fourth-order valence-corrected chi connectivity index (χ4v) is 2.82. The predicted molar refractivity (Wildman–Crippen MR) is 66.9 cm³/mol. The summed E-state index contributed by atoms with van der Waals surface area (Å²) in [5, 5.41) is 0. The molecule has 1 saturated carbocycles. The summed E-state index contributed by atoms with van der Waals surface area (Å²) in [5.74, 6) is 1.67. The van der Waals surface area contributed by atoms with E-state index in [1.54, 1.807) is 0 Å². The van der Waals surface area contributed by atoms with Gasteiger partial charge in [-0.2, -0.15) is 0 Å². The van der Waals surface area contributed by atoms with Crippen LogP contribution in [0.15, 0.2) is 0 Å². The molecule has 0 aromatic carbocycles. The van der Waals surface area contributed by atoms with Crippen molar-refractivity contribution in [1.29, 1.82) is 0 Å². The molecular weight excluding hydrogens is 184 g/mol. The molecule has 0 amide bonds. The fraction of sp³-hybridized carbons (Fsp3) is 1.00. The van der Waals surface area contributed by atoms with Gasteiger partial charge in [0.1, 0.15) is 0 Å². The highest BCUT2D eigenvalue weighted by molar-refractivity contribution is 4.77. The first-order chi connectivity index (χ1) is 7.13. The zero-order valence-electron chi connectivity index (χ0n) is 10.7. The molecule has 1 aliphatic rings. The van der Waals surface area contributed by atoms with Crippen LogP contribution in [-0.2, 0) is 0 Å². The second-order valence-corrected chi connectivity index (χ2v) is 5.55. The van der Waals surface area contributed by atoms with Crippen LogP contribution < -0.4 is 5.73 Å². The van der Waals surface area contributed by atoms with E-state index in [2.05, 4.69) is 25.8 Å². The molecule has 1 fully saturated rings. The molecule has 0 aliphatic heterocycles. The van der Waals surface area contributed by atoms with Gasteiger partial charge >= 0.3 is 0 Å². The molecule has 0 spiro atoms. The molecule has 2 N–H and O–H groups in total. The van der Waals surface area contributed by atoms with E-state index in [0.29, 0.717) is 0 Å². The second kappa shape index (κ2) is 6.49. The van der Waals surface area contributed by atoms with Gasteiger partial charge in [-0.05, 0) is 44.7 Å². The molecule has 2 nitrogen and oxygen atoms in total. The molecule has 0 saturated heterocycles. The van der Waals surface area contributed by atoms with Gasteiger partial charge in [-0.25, -0.2) is 0 Å². The second-order valence-electron chi connectivity index (χ2n) is 5.55. The van der Waals surface area contributed by atoms with Crippen molar-refractivity contribution in [2.24, 2.45) is 17.6 Å². The number of nitrogens with two attached hydrogens (primary N) is 1. The van der Waals surface area contributed by atoms with Gasteiger partial charge < -0.3 is 10.6 Å². The molecule has 1 rings (SSSR count). The van der Waals surface area contributed by atoms with Crippen LogP contribution in [0.2, 0.25) is 0 Å². The summed E-state index contributed by atoms with van der Waals surface area (Å²) < 4.78 is 0. The highest BCUT2D eigenvalue weighted by Crippen LogP contribution is 2.27. The Morgan fingerprint density at radius 3 is 2.73 bits per heavy atom. The van der Waals surface area contributed by atoms with Gasteiger partial charge in [0, 0.05) is 12.6 Å². The number of nitrogens with zero attached hydrogens (tertiary/aromatic N) is 1.